The molecule has 1 aliphatic rings. The Morgan fingerprint density at radius 3 is 2.20 bits per heavy atom. The number of primary amides is 1. The maximum absolute atomic E-state index is 12.8. The number of benzene rings is 1. The van der Waals surface area contributed by atoms with Crippen molar-refractivity contribution in [2.45, 2.75) is 44.7 Å². The number of carbonyl (C=O) groups is 3. The predicted molar refractivity (Wildman–Crippen MR) is 94.4 cm³/mol. The fraction of sp³-hybridized carbons (Fsp3) is 0.500. The van der Waals surface area contributed by atoms with E-state index in [4.69, 9.17) is 11.5 Å². The minimum Gasteiger partial charge on any atom is -0.368 e. The molecule has 0 saturated carbocycles. The topological polar surface area (TPSA) is 127 Å². The van der Waals surface area contributed by atoms with Gasteiger partial charge in [0.15, 0.2) is 0 Å². The summed E-state index contributed by atoms with van der Waals surface area (Å²) < 4.78 is 0. The molecule has 1 aliphatic carbocycles. The molecule has 0 saturated heterocycles. The zero-order chi connectivity index (χ0) is 18.6. The van der Waals surface area contributed by atoms with E-state index in [1.54, 1.807) is 0 Å². The molecule has 3 amide bonds. The van der Waals surface area contributed by atoms with E-state index in [-0.39, 0.29) is 18.4 Å². The first kappa shape index (κ1) is 18.9. The quantitative estimate of drug-likeness (QED) is 0.536. The first-order chi connectivity index (χ1) is 11.7. The highest BCUT2D eigenvalue weighted by Gasteiger charge is 2.41. The highest BCUT2D eigenvalue weighted by molar-refractivity contribution is 5.94. The molecule has 6 N–H and O–H groups in total. The van der Waals surface area contributed by atoms with Crippen molar-refractivity contribution in [2.24, 2.45) is 17.4 Å². The van der Waals surface area contributed by atoms with Crippen molar-refractivity contribution in [3.63, 3.8) is 0 Å². The summed E-state index contributed by atoms with van der Waals surface area (Å²) in [6.45, 7) is 3.64. The van der Waals surface area contributed by atoms with E-state index in [2.05, 4.69) is 10.6 Å². The Balaban J connectivity index is 2.06. The Bertz CT molecular complexity index is 647. The van der Waals surface area contributed by atoms with Gasteiger partial charge in [0, 0.05) is 0 Å². The lowest BCUT2D eigenvalue weighted by molar-refractivity contribution is -0.132. The lowest BCUT2D eigenvalue weighted by atomic mass is 9.94. The molecule has 2 rings (SSSR count). The van der Waals surface area contributed by atoms with E-state index >= 15 is 0 Å². The maximum Gasteiger partial charge on any atom is 0.243 e. The van der Waals surface area contributed by atoms with Crippen LogP contribution in [0.15, 0.2) is 24.3 Å². The van der Waals surface area contributed by atoms with Gasteiger partial charge in [-0.3, -0.25) is 14.4 Å². The molecule has 7 heteroatoms. The van der Waals surface area contributed by atoms with Crippen molar-refractivity contribution in [3.8, 4) is 0 Å². The summed E-state index contributed by atoms with van der Waals surface area (Å²) in [7, 11) is 0. The first-order valence-electron chi connectivity index (χ1n) is 8.44. The number of hydrogen-bond acceptors (Lipinski definition) is 4. The second-order valence-corrected chi connectivity index (χ2v) is 7.12. The van der Waals surface area contributed by atoms with Crippen LogP contribution >= 0.6 is 0 Å². The third kappa shape index (κ3) is 4.79. The molecular formula is C18H26N4O3. The van der Waals surface area contributed by atoms with Gasteiger partial charge in [0.05, 0.1) is 6.54 Å². The average molecular weight is 346 g/mol. The van der Waals surface area contributed by atoms with Gasteiger partial charge in [0.1, 0.15) is 11.6 Å². The SMILES string of the molecule is CC(C)C[C@H](NC(=O)C1(N)Cc2ccccc2C1)C(=O)NCC(N)=O. The van der Waals surface area contributed by atoms with Gasteiger partial charge in [-0.1, -0.05) is 38.1 Å². The minimum atomic E-state index is -1.07. The fourth-order valence-electron chi connectivity index (χ4n) is 3.11. The van der Waals surface area contributed by atoms with Gasteiger partial charge in [-0.25, -0.2) is 0 Å². The third-order valence-corrected chi connectivity index (χ3v) is 4.35. The van der Waals surface area contributed by atoms with Gasteiger partial charge in [0.2, 0.25) is 17.7 Å². The van der Waals surface area contributed by atoms with Crippen LogP contribution in [0, 0.1) is 5.92 Å². The van der Waals surface area contributed by atoms with Crippen LogP contribution in [0.4, 0.5) is 0 Å². The molecule has 0 heterocycles. The molecule has 7 nitrogen and oxygen atoms in total. The fourth-order valence-corrected chi connectivity index (χ4v) is 3.11. The lowest BCUT2D eigenvalue weighted by Gasteiger charge is -2.27. The Morgan fingerprint density at radius 2 is 1.72 bits per heavy atom. The monoisotopic (exact) mass is 346 g/mol. The van der Waals surface area contributed by atoms with Crippen molar-refractivity contribution >= 4 is 17.7 Å². The van der Waals surface area contributed by atoms with Crippen LogP contribution in [-0.2, 0) is 27.2 Å². The van der Waals surface area contributed by atoms with E-state index in [0.717, 1.165) is 11.1 Å². The average Bonchev–Trinajstić information content (AvgIpc) is 2.88. The van der Waals surface area contributed by atoms with Gasteiger partial charge >= 0.3 is 0 Å². The van der Waals surface area contributed by atoms with E-state index in [9.17, 15) is 14.4 Å². The number of rotatable bonds is 7. The summed E-state index contributed by atoms with van der Waals surface area (Å²) in [5.74, 6) is -1.24. The normalized spacial score (nSPS) is 16.2. The molecule has 0 unspecified atom stereocenters. The molecule has 0 bridgehead atoms. The third-order valence-electron chi connectivity index (χ3n) is 4.35. The summed E-state index contributed by atoms with van der Waals surface area (Å²) in [6, 6.07) is 7.00. The second-order valence-electron chi connectivity index (χ2n) is 7.12. The molecule has 1 aromatic rings. The summed E-state index contributed by atoms with van der Waals surface area (Å²) in [5, 5.41) is 5.21. The molecule has 0 aliphatic heterocycles. The van der Waals surface area contributed by atoms with Gasteiger partial charge in [0.25, 0.3) is 0 Å². The Kier molecular flexibility index (Phi) is 5.79. The van der Waals surface area contributed by atoms with Crippen LogP contribution in [0.5, 0.6) is 0 Å². The molecule has 0 fully saturated rings. The van der Waals surface area contributed by atoms with Gasteiger partial charge in [-0.05, 0) is 36.3 Å². The van der Waals surface area contributed by atoms with Crippen molar-refractivity contribution in [1.82, 2.24) is 10.6 Å². The number of nitrogens with one attached hydrogen (secondary N) is 2. The van der Waals surface area contributed by atoms with Gasteiger partial charge < -0.3 is 22.1 Å². The Labute approximate surface area is 147 Å². The Morgan fingerprint density at radius 1 is 1.16 bits per heavy atom. The van der Waals surface area contributed by atoms with Crippen LogP contribution in [0.3, 0.4) is 0 Å². The van der Waals surface area contributed by atoms with Crippen LogP contribution < -0.4 is 22.1 Å². The number of hydrogen-bond donors (Lipinski definition) is 4. The smallest absolute Gasteiger partial charge is 0.243 e. The van der Waals surface area contributed by atoms with Crippen LogP contribution in [0.1, 0.15) is 31.4 Å². The molecule has 0 spiro atoms. The zero-order valence-electron chi connectivity index (χ0n) is 14.7. The molecule has 1 atom stereocenters. The zero-order valence-corrected chi connectivity index (χ0v) is 14.7. The van der Waals surface area contributed by atoms with Crippen molar-refractivity contribution < 1.29 is 14.4 Å². The lowest BCUT2D eigenvalue weighted by Crippen LogP contribution is -2.59. The number of fused-ring (bicyclic) bond motifs is 1. The summed E-state index contributed by atoms with van der Waals surface area (Å²) in [6.07, 6.45) is 1.32. The summed E-state index contributed by atoms with van der Waals surface area (Å²) in [4.78, 5) is 35.9. The largest absolute Gasteiger partial charge is 0.368 e. The van der Waals surface area contributed by atoms with Crippen molar-refractivity contribution in [1.29, 1.82) is 0 Å². The van der Waals surface area contributed by atoms with Gasteiger partial charge in [-0.2, -0.15) is 0 Å². The van der Waals surface area contributed by atoms with Gasteiger partial charge in [-0.15, -0.1) is 0 Å². The number of carbonyl (C=O) groups excluding carboxylic acids is 3. The van der Waals surface area contributed by atoms with E-state index in [1.165, 1.54) is 0 Å². The Hall–Kier alpha value is -2.41. The highest BCUT2D eigenvalue weighted by atomic mass is 16.2. The molecule has 136 valence electrons. The molecule has 0 aromatic heterocycles. The predicted octanol–water partition coefficient (Wildman–Crippen LogP) is -0.385. The minimum absolute atomic E-state index is 0.180. The van der Waals surface area contributed by atoms with Crippen molar-refractivity contribution in [2.75, 3.05) is 6.54 Å². The highest BCUT2D eigenvalue weighted by Crippen LogP contribution is 2.28. The standard InChI is InChI=1S/C18H26N4O3/c1-11(2)7-14(16(24)21-10-15(19)23)22-17(25)18(20)8-12-5-3-4-6-13(12)9-18/h3-6,11,14H,7-10,20H2,1-2H3,(H2,19,23)(H,21,24)(H,22,25)/t14-/m0/s1. The van der Waals surface area contributed by atoms with Crippen LogP contribution in [0.2, 0.25) is 0 Å². The molecule has 1 aromatic carbocycles. The van der Waals surface area contributed by atoms with E-state index in [1.807, 2.05) is 38.1 Å². The summed E-state index contributed by atoms with van der Waals surface area (Å²) >= 11 is 0. The molecule has 0 radical (unpaired) electrons. The molecule has 25 heavy (non-hydrogen) atoms. The second kappa shape index (κ2) is 7.65. The first-order valence-corrected chi connectivity index (χ1v) is 8.44. The molecular weight excluding hydrogens is 320 g/mol. The number of amides is 3. The summed E-state index contributed by atoms with van der Waals surface area (Å²) in [5.41, 5.74) is 12.4. The van der Waals surface area contributed by atoms with Crippen LogP contribution in [-0.4, -0.2) is 35.8 Å². The van der Waals surface area contributed by atoms with Crippen molar-refractivity contribution in [3.05, 3.63) is 35.4 Å². The van der Waals surface area contributed by atoms with E-state index < -0.39 is 23.4 Å². The van der Waals surface area contributed by atoms with Crippen LogP contribution in [0.25, 0.3) is 0 Å². The maximum atomic E-state index is 12.8. The van der Waals surface area contributed by atoms with E-state index in [0.29, 0.717) is 19.3 Å². The number of nitrogens with two attached hydrogens (primary N) is 2.